The lowest BCUT2D eigenvalue weighted by Crippen LogP contribution is -2.07. The number of hydrogen-bond acceptors (Lipinski definition) is 4. The van der Waals surface area contributed by atoms with Crippen molar-refractivity contribution in [2.45, 2.75) is 13.5 Å². The Bertz CT molecular complexity index is 612. The molecule has 0 fully saturated rings. The standard InChI is InChI=1S/C16H17N3O2/c1-2-21-16(20)14-10-6-7-11-15(14)18-19-17-12-13-8-4-3-5-9-13/h3-11H,2,12H2,1H3,(H,17,18). The first-order valence-corrected chi connectivity index (χ1v) is 6.74. The van der Waals surface area contributed by atoms with Crippen molar-refractivity contribution < 1.29 is 9.53 Å². The van der Waals surface area contributed by atoms with E-state index in [1.165, 1.54) is 0 Å². The summed E-state index contributed by atoms with van der Waals surface area (Å²) in [4.78, 5) is 11.8. The van der Waals surface area contributed by atoms with Crippen LogP contribution in [0.4, 0.5) is 5.69 Å². The monoisotopic (exact) mass is 283 g/mol. The highest BCUT2D eigenvalue weighted by molar-refractivity contribution is 5.95. The number of hydrogen-bond donors (Lipinski definition) is 1. The highest BCUT2D eigenvalue weighted by Gasteiger charge is 2.10. The zero-order valence-corrected chi connectivity index (χ0v) is 11.8. The molecular weight excluding hydrogens is 266 g/mol. The van der Waals surface area contributed by atoms with Crippen molar-refractivity contribution >= 4 is 11.7 Å². The van der Waals surface area contributed by atoms with Gasteiger partial charge in [-0.2, -0.15) is 5.11 Å². The van der Waals surface area contributed by atoms with Crippen molar-refractivity contribution in [2.75, 3.05) is 12.0 Å². The highest BCUT2D eigenvalue weighted by Crippen LogP contribution is 2.16. The number of carbonyl (C=O) groups excluding carboxylic acids is 1. The number of ether oxygens (including phenoxy) is 1. The minimum atomic E-state index is -0.376. The van der Waals surface area contributed by atoms with Gasteiger partial charge >= 0.3 is 5.97 Å². The van der Waals surface area contributed by atoms with Gasteiger partial charge in [-0.05, 0) is 24.6 Å². The van der Waals surface area contributed by atoms with Crippen LogP contribution in [0.3, 0.4) is 0 Å². The van der Waals surface area contributed by atoms with E-state index in [0.717, 1.165) is 5.56 Å². The molecule has 0 aliphatic carbocycles. The van der Waals surface area contributed by atoms with E-state index in [2.05, 4.69) is 15.8 Å². The summed E-state index contributed by atoms with van der Waals surface area (Å²) in [5.74, 6) is -0.376. The molecule has 0 saturated carbocycles. The lowest BCUT2D eigenvalue weighted by atomic mass is 10.2. The van der Waals surface area contributed by atoms with Crippen LogP contribution < -0.4 is 5.43 Å². The minimum Gasteiger partial charge on any atom is -0.462 e. The molecule has 0 bridgehead atoms. The van der Waals surface area contributed by atoms with E-state index in [9.17, 15) is 4.79 Å². The molecule has 0 amide bonds. The number of benzene rings is 2. The van der Waals surface area contributed by atoms with Crippen LogP contribution in [0.5, 0.6) is 0 Å². The smallest absolute Gasteiger partial charge is 0.340 e. The molecule has 0 saturated heterocycles. The first-order valence-electron chi connectivity index (χ1n) is 6.74. The molecule has 0 unspecified atom stereocenters. The maximum Gasteiger partial charge on any atom is 0.340 e. The average molecular weight is 283 g/mol. The Morgan fingerprint density at radius 2 is 1.81 bits per heavy atom. The molecule has 0 spiro atoms. The fourth-order valence-corrected chi connectivity index (χ4v) is 1.76. The first kappa shape index (κ1) is 14.7. The van der Waals surface area contributed by atoms with E-state index >= 15 is 0 Å². The Hall–Kier alpha value is -2.69. The highest BCUT2D eigenvalue weighted by atomic mass is 16.5. The van der Waals surface area contributed by atoms with E-state index in [1.54, 1.807) is 25.1 Å². The Labute approximate surface area is 123 Å². The maximum atomic E-state index is 11.8. The molecule has 2 rings (SSSR count). The number of esters is 1. The van der Waals surface area contributed by atoms with Gasteiger partial charge in [-0.25, -0.2) is 4.79 Å². The second-order valence-electron chi connectivity index (χ2n) is 4.26. The molecule has 5 nitrogen and oxygen atoms in total. The van der Waals surface area contributed by atoms with E-state index in [-0.39, 0.29) is 5.97 Å². The molecule has 2 aromatic carbocycles. The molecule has 2 aromatic rings. The lowest BCUT2D eigenvalue weighted by Gasteiger charge is -2.06. The third-order valence-corrected chi connectivity index (χ3v) is 2.76. The topological polar surface area (TPSA) is 63.0 Å². The first-order chi connectivity index (χ1) is 10.3. The molecule has 1 N–H and O–H groups in total. The summed E-state index contributed by atoms with van der Waals surface area (Å²) in [6.45, 7) is 2.59. The van der Waals surface area contributed by atoms with Crippen molar-refractivity contribution in [2.24, 2.45) is 10.3 Å². The quantitative estimate of drug-likeness (QED) is 0.497. The van der Waals surface area contributed by atoms with Gasteiger partial charge in [-0.15, -0.1) is 0 Å². The zero-order chi connectivity index (χ0) is 14.9. The van der Waals surface area contributed by atoms with Gasteiger partial charge in [-0.3, -0.25) is 5.43 Å². The number of anilines is 1. The number of carbonyl (C=O) groups is 1. The van der Waals surface area contributed by atoms with Gasteiger partial charge in [0.1, 0.15) is 0 Å². The molecular formula is C16H17N3O2. The molecule has 5 heteroatoms. The Morgan fingerprint density at radius 1 is 1.10 bits per heavy atom. The van der Waals surface area contributed by atoms with Crippen LogP contribution in [-0.2, 0) is 11.3 Å². The summed E-state index contributed by atoms with van der Waals surface area (Å²) >= 11 is 0. The van der Waals surface area contributed by atoms with E-state index < -0.39 is 0 Å². The van der Waals surface area contributed by atoms with Gasteiger partial charge in [0.05, 0.1) is 24.4 Å². The fraction of sp³-hybridized carbons (Fsp3) is 0.188. The largest absolute Gasteiger partial charge is 0.462 e. The van der Waals surface area contributed by atoms with Crippen molar-refractivity contribution in [1.29, 1.82) is 0 Å². The maximum absolute atomic E-state index is 11.8. The van der Waals surface area contributed by atoms with E-state index in [0.29, 0.717) is 24.4 Å². The number of rotatable bonds is 6. The van der Waals surface area contributed by atoms with Crippen molar-refractivity contribution in [3.05, 3.63) is 65.7 Å². The van der Waals surface area contributed by atoms with Gasteiger partial charge in [0, 0.05) is 0 Å². The third-order valence-electron chi connectivity index (χ3n) is 2.76. The average Bonchev–Trinajstić information content (AvgIpc) is 2.53. The summed E-state index contributed by atoms with van der Waals surface area (Å²) < 4.78 is 4.99. The Morgan fingerprint density at radius 3 is 2.57 bits per heavy atom. The molecule has 0 radical (unpaired) electrons. The molecule has 108 valence electrons. The number of para-hydroxylation sites is 1. The molecule has 0 aliphatic heterocycles. The molecule has 0 aromatic heterocycles. The summed E-state index contributed by atoms with van der Waals surface area (Å²) in [5.41, 5.74) is 4.87. The summed E-state index contributed by atoms with van der Waals surface area (Å²) in [6.07, 6.45) is 0. The van der Waals surface area contributed by atoms with Crippen LogP contribution in [0.2, 0.25) is 0 Å². The fourth-order valence-electron chi connectivity index (χ4n) is 1.76. The SMILES string of the molecule is CCOC(=O)c1ccccc1NN=NCc1ccccc1. The Balaban J connectivity index is 1.98. The van der Waals surface area contributed by atoms with Crippen LogP contribution in [0.25, 0.3) is 0 Å². The van der Waals surface area contributed by atoms with Crippen LogP contribution in [0.15, 0.2) is 64.9 Å². The zero-order valence-electron chi connectivity index (χ0n) is 11.8. The van der Waals surface area contributed by atoms with Gasteiger partial charge in [0.2, 0.25) is 0 Å². The Kier molecular flexibility index (Phi) is 5.46. The second kappa shape index (κ2) is 7.79. The van der Waals surface area contributed by atoms with Crippen LogP contribution >= 0.6 is 0 Å². The molecule has 0 heterocycles. The predicted octanol–water partition coefficient (Wildman–Crippen LogP) is 3.84. The number of nitrogens with one attached hydrogen (secondary N) is 1. The van der Waals surface area contributed by atoms with Crippen LogP contribution in [0, 0.1) is 0 Å². The summed E-state index contributed by atoms with van der Waals surface area (Å²) in [5, 5.41) is 7.95. The predicted molar refractivity (Wildman–Crippen MR) is 81.0 cm³/mol. The van der Waals surface area contributed by atoms with Crippen molar-refractivity contribution in [3.8, 4) is 0 Å². The minimum absolute atomic E-state index is 0.336. The van der Waals surface area contributed by atoms with Crippen LogP contribution in [-0.4, -0.2) is 12.6 Å². The lowest BCUT2D eigenvalue weighted by molar-refractivity contribution is 0.0527. The molecule has 21 heavy (non-hydrogen) atoms. The molecule has 0 atom stereocenters. The molecule has 0 aliphatic rings. The van der Waals surface area contributed by atoms with Crippen molar-refractivity contribution in [1.82, 2.24) is 0 Å². The summed E-state index contributed by atoms with van der Waals surface area (Å²) in [6, 6.07) is 16.9. The van der Waals surface area contributed by atoms with Gasteiger partial charge in [0.15, 0.2) is 0 Å². The normalized spacial score (nSPS) is 10.5. The number of nitrogens with zero attached hydrogens (tertiary/aromatic N) is 2. The van der Waals surface area contributed by atoms with Crippen LogP contribution in [0.1, 0.15) is 22.8 Å². The van der Waals surface area contributed by atoms with E-state index in [4.69, 9.17) is 4.74 Å². The van der Waals surface area contributed by atoms with Crippen molar-refractivity contribution in [3.63, 3.8) is 0 Å². The van der Waals surface area contributed by atoms with Gasteiger partial charge in [0.25, 0.3) is 0 Å². The summed E-state index contributed by atoms with van der Waals surface area (Å²) in [7, 11) is 0. The van der Waals surface area contributed by atoms with Gasteiger partial charge < -0.3 is 4.74 Å². The van der Waals surface area contributed by atoms with Gasteiger partial charge in [-0.1, -0.05) is 47.7 Å². The van der Waals surface area contributed by atoms with E-state index in [1.807, 2.05) is 36.4 Å². The second-order valence-corrected chi connectivity index (χ2v) is 4.26. The third kappa shape index (κ3) is 4.42.